The smallest absolute Gasteiger partial charge is 0.870 e. The number of carbonyl (C=O) groups is 1. The van der Waals surface area contributed by atoms with Crippen LogP contribution in [0.25, 0.3) is 0 Å². The molecule has 0 radical (unpaired) electrons. The van der Waals surface area contributed by atoms with E-state index in [1.54, 1.807) is 0 Å². The van der Waals surface area contributed by atoms with Crippen molar-refractivity contribution in [2.45, 2.75) is 37.4 Å². The Labute approximate surface area is 109 Å². The first-order chi connectivity index (χ1) is 5.79. The van der Waals surface area contributed by atoms with Gasteiger partial charge in [-0.15, -0.1) is 0 Å². The van der Waals surface area contributed by atoms with Crippen LogP contribution in [0.1, 0.15) is 32.1 Å². The number of carboxylic acids is 1. The predicted molar refractivity (Wildman–Crippen MR) is 59.6 cm³/mol. The molecule has 0 amide bonds. The topological polar surface area (TPSA) is 70.1 Å². The summed E-state index contributed by atoms with van der Waals surface area (Å²) in [5.74, 6) is 0.346. The second-order valence-corrected chi connectivity index (χ2v) is 5.73. The third-order valence-corrected chi connectivity index (χ3v) is 4.89. The van der Waals surface area contributed by atoms with Crippen molar-refractivity contribution in [1.82, 2.24) is 0 Å². The Morgan fingerprint density at radius 1 is 1.43 bits per heavy atom. The maximum atomic E-state index is 10.1. The number of carbonyl (C=O) groups excluding carboxylic acids is 1. The summed E-state index contributed by atoms with van der Waals surface area (Å²) in [6.07, 6.45) is 4.51. The van der Waals surface area contributed by atoms with Gasteiger partial charge in [0.1, 0.15) is 0 Å². The third kappa shape index (κ3) is 8.22. The van der Waals surface area contributed by atoms with E-state index < -0.39 is 5.97 Å². The predicted octanol–water partition coefficient (Wildman–Crippen LogP) is 0.893. The SMILES string of the molecule is O=C([O-])CCCCC1CCSS1.[Mg+2].[OH-]. The Kier molecular flexibility index (Phi) is 12.9. The molecule has 78 valence electrons. The van der Waals surface area contributed by atoms with Crippen LogP contribution in [0.4, 0.5) is 0 Å². The Balaban J connectivity index is 0. The Morgan fingerprint density at radius 3 is 2.64 bits per heavy atom. The second-order valence-electron chi connectivity index (χ2n) is 2.95. The molecule has 3 nitrogen and oxygen atoms in total. The summed E-state index contributed by atoms with van der Waals surface area (Å²) in [5, 5.41) is 10.8. The van der Waals surface area contributed by atoms with E-state index in [-0.39, 0.29) is 34.9 Å². The second kappa shape index (κ2) is 10.4. The minimum absolute atomic E-state index is 0. The van der Waals surface area contributed by atoms with Gasteiger partial charge in [-0.3, -0.25) is 0 Å². The summed E-state index contributed by atoms with van der Waals surface area (Å²) in [4.78, 5) is 10.1. The Hall–Kier alpha value is 0.896. The molecule has 1 saturated heterocycles. The van der Waals surface area contributed by atoms with Crippen molar-refractivity contribution >= 4 is 50.6 Å². The minimum atomic E-state index is -0.913. The van der Waals surface area contributed by atoms with Crippen LogP contribution >= 0.6 is 21.6 Å². The van der Waals surface area contributed by atoms with Crippen molar-refractivity contribution in [3.8, 4) is 0 Å². The van der Waals surface area contributed by atoms with Crippen LogP contribution in [0.5, 0.6) is 0 Å². The van der Waals surface area contributed by atoms with Crippen LogP contribution < -0.4 is 5.11 Å². The average molecular weight is 247 g/mol. The number of rotatable bonds is 5. The number of carboxylic acid groups (broad SMARTS) is 1. The van der Waals surface area contributed by atoms with E-state index in [0.717, 1.165) is 18.1 Å². The fraction of sp³-hybridized carbons (Fsp3) is 0.875. The molecular weight excluding hydrogens is 233 g/mol. The van der Waals surface area contributed by atoms with E-state index in [2.05, 4.69) is 0 Å². The normalized spacial score (nSPS) is 19.6. The van der Waals surface area contributed by atoms with Gasteiger partial charge in [0.15, 0.2) is 0 Å². The molecule has 1 heterocycles. The van der Waals surface area contributed by atoms with Crippen molar-refractivity contribution in [1.29, 1.82) is 0 Å². The molecule has 0 aliphatic carbocycles. The van der Waals surface area contributed by atoms with Crippen molar-refractivity contribution in [2.75, 3.05) is 5.75 Å². The van der Waals surface area contributed by atoms with E-state index in [4.69, 9.17) is 0 Å². The van der Waals surface area contributed by atoms with Crippen LogP contribution in [-0.4, -0.2) is 45.5 Å². The van der Waals surface area contributed by atoms with Gasteiger partial charge in [0.05, 0.1) is 0 Å². The fourth-order valence-corrected chi connectivity index (χ4v) is 4.23. The molecule has 1 N–H and O–H groups in total. The zero-order chi connectivity index (χ0) is 8.81. The minimum Gasteiger partial charge on any atom is -0.870 e. The molecule has 0 aromatic rings. The van der Waals surface area contributed by atoms with Crippen molar-refractivity contribution < 1.29 is 15.4 Å². The summed E-state index contributed by atoms with van der Waals surface area (Å²) in [6.45, 7) is 0. The van der Waals surface area contributed by atoms with E-state index in [0.29, 0.717) is 0 Å². The van der Waals surface area contributed by atoms with E-state index in [1.807, 2.05) is 21.6 Å². The largest absolute Gasteiger partial charge is 2.00 e. The molecular formula is C8H14MgO3S2. The summed E-state index contributed by atoms with van der Waals surface area (Å²) in [6, 6.07) is 0. The summed E-state index contributed by atoms with van der Waals surface area (Å²) in [7, 11) is 3.89. The molecule has 1 rings (SSSR count). The summed E-state index contributed by atoms with van der Waals surface area (Å²) >= 11 is 0. The first kappa shape index (κ1) is 17.3. The van der Waals surface area contributed by atoms with Gasteiger partial charge in [-0.1, -0.05) is 28.0 Å². The van der Waals surface area contributed by atoms with E-state index >= 15 is 0 Å². The standard InChI is InChI=1S/C8H14O2S2.Mg.H2O/c9-8(10)4-2-1-3-7-5-6-11-12-7;;/h7H,1-6H2,(H,9,10);;1H2/q;+2;/p-2. The quantitative estimate of drug-likeness (QED) is 0.409. The van der Waals surface area contributed by atoms with Gasteiger partial charge >= 0.3 is 23.1 Å². The summed E-state index contributed by atoms with van der Waals surface area (Å²) in [5.41, 5.74) is 0. The number of hydrogen-bond acceptors (Lipinski definition) is 5. The van der Waals surface area contributed by atoms with Crippen molar-refractivity contribution in [2.24, 2.45) is 0 Å². The maximum Gasteiger partial charge on any atom is 2.00 e. The molecule has 1 atom stereocenters. The molecule has 1 unspecified atom stereocenters. The molecule has 1 aliphatic rings. The summed E-state index contributed by atoms with van der Waals surface area (Å²) < 4.78 is 0. The molecule has 0 aromatic heterocycles. The average Bonchev–Trinajstić information content (AvgIpc) is 2.49. The number of aliphatic carboxylic acids is 1. The van der Waals surface area contributed by atoms with Crippen LogP contribution in [-0.2, 0) is 4.79 Å². The zero-order valence-electron chi connectivity index (χ0n) is 8.11. The zero-order valence-corrected chi connectivity index (χ0v) is 11.2. The van der Waals surface area contributed by atoms with Crippen LogP contribution in [0.3, 0.4) is 0 Å². The van der Waals surface area contributed by atoms with Crippen molar-refractivity contribution in [3.05, 3.63) is 0 Å². The van der Waals surface area contributed by atoms with E-state index in [9.17, 15) is 9.90 Å². The molecule has 0 bridgehead atoms. The van der Waals surface area contributed by atoms with Gasteiger partial charge in [0, 0.05) is 17.0 Å². The molecule has 0 saturated carbocycles. The van der Waals surface area contributed by atoms with Gasteiger partial charge in [0.25, 0.3) is 0 Å². The van der Waals surface area contributed by atoms with Gasteiger partial charge in [0.2, 0.25) is 0 Å². The van der Waals surface area contributed by atoms with Crippen LogP contribution in [0.2, 0.25) is 0 Å². The Bertz CT molecular complexity index is 152. The van der Waals surface area contributed by atoms with E-state index in [1.165, 1.54) is 18.6 Å². The maximum absolute atomic E-state index is 10.1. The molecule has 6 heteroatoms. The van der Waals surface area contributed by atoms with Crippen molar-refractivity contribution in [3.63, 3.8) is 0 Å². The first-order valence-corrected chi connectivity index (χ1v) is 6.65. The number of unbranched alkanes of at least 4 members (excludes halogenated alkanes) is 1. The number of hydrogen-bond donors (Lipinski definition) is 0. The molecule has 1 aliphatic heterocycles. The molecule has 0 aromatic carbocycles. The van der Waals surface area contributed by atoms with Gasteiger partial charge in [-0.2, -0.15) is 0 Å². The van der Waals surface area contributed by atoms with Gasteiger partial charge in [-0.05, 0) is 25.7 Å². The van der Waals surface area contributed by atoms with Gasteiger partial charge in [-0.25, -0.2) is 0 Å². The molecule has 0 spiro atoms. The van der Waals surface area contributed by atoms with Crippen LogP contribution in [0.15, 0.2) is 0 Å². The molecule has 14 heavy (non-hydrogen) atoms. The first-order valence-electron chi connectivity index (χ1n) is 4.27. The third-order valence-electron chi connectivity index (χ3n) is 1.88. The van der Waals surface area contributed by atoms with Crippen LogP contribution in [0, 0.1) is 0 Å². The van der Waals surface area contributed by atoms with Gasteiger partial charge < -0.3 is 15.4 Å². The monoisotopic (exact) mass is 246 g/mol. The Morgan fingerprint density at radius 2 is 2.14 bits per heavy atom. The molecule has 1 fully saturated rings. The fourth-order valence-electron chi connectivity index (χ4n) is 1.21.